The average molecular weight is 225 g/mol. The second-order valence-electron chi connectivity index (χ2n) is 3.14. The Morgan fingerprint density at radius 2 is 2.19 bits per heavy atom. The number of amides is 1. The number of carbonyl (C=O) groups is 1. The van der Waals surface area contributed by atoms with Crippen molar-refractivity contribution in [1.29, 1.82) is 0 Å². The zero-order chi connectivity index (χ0) is 11.9. The van der Waals surface area contributed by atoms with Crippen LogP contribution in [0.15, 0.2) is 17.3 Å². The molecule has 0 saturated carbocycles. The van der Waals surface area contributed by atoms with Crippen molar-refractivity contribution in [3.63, 3.8) is 0 Å². The summed E-state index contributed by atoms with van der Waals surface area (Å²) < 4.78 is 13.0. The van der Waals surface area contributed by atoms with E-state index >= 15 is 0 Å². The lowest BCUT2D eigenvalue weighted by atomic mass is 10.1. The minimum absolute atomic E-state index is 0.105. The average Bonchev–Trinajstić information content (AvgIpc) is 2.52. The van der Waals surface area contributed by atoms with Crippen molar-refractivity contribution in [3.05, 3.63) is 38.5 Å². The van der Waals surface area contributed by atoms with E-state index in [1.165, 1.54) is 0 Å². The van der Waals surface area contributed by atoms with Gasteiger partial charge in [-0.1, -0.05) is 5.18 Å². The third kappa shape index (κ3) is 1.31. The van der Waals surface area contributed by atoms with Crippen molar-refractivity contribution < 1.29 is 14.1 Å². The van der Waals surface area contributed by atoms with Crippen LogP contribution in [0.3, 0.4) is 0 Å². The molecule has 1 unspecified atom stereocenters. The van der Waals surface area contributed by atoms with Gasteiger partial charge in [0.1, 0.15) is 11.5 Å². The highest BCUT2D eigenvalue weighted by molar-refractivity contribution is 6.05. The SMILES string of the molecule is O=NC1C(=O)Nc2c1cc(F)cc2[N+](=O)[O-]. The molecule has 0 aliphatic carbocycles. The lowest BCUT2D eigenvalue weighted by Gasteiger charge is -2.00. The van der Waals surface area contributed by atoms with E-state index in [0.717, 1.165) is 6.07 Å². The summed E-state index contributed by atoms with van der Waals surface area (Å²) in [7, 11) is 0. The monoisotopic (exact) mass is 225 g/mol. The van der Waals surface area contributed by atoms with Crippen LogP contribution in [0.4, 0.5) is 15.8 Å². The molecule has 0 saturated heterocycles. The maximum Gasteiger partial charge on any atom is 0.296 e. The van der Waals surface area contributed by atoms with E-state index in [2.05, 4.69) is 10.5 Å². The van der Waals surface area contributed by atoms with E-state index < -0.39 is 28.4 Å². The normalized spacial score (nSPS) is 17.8. The second-order valence-corrected chi connectivity index (χ2v) is 3.14. The predicted octanol–water partition coefficient (Wildman–Crippen LogP) is 1.49. The fourth-order valence-electron chi connectivity index (χ4n) is 1.55. The largest absolute Gasteiger partial charge is 0.318 e. The molecule has 1 aromatic rings. The fourth-order valence-corrected chi connectivity index (χ4v) is 1.55. The number of halogens is 1. The molecule has 1 amide bonds. The molecular formula is C8H4FN3O4. The van der Waals surface area contributed by atoms with Crippen molar-refractivity contribution in [2.24, 2.45) is 5.18 Å². The number of benzene rings is 1. The highest BCUT2D eigenvalue weighted by Crippen LogP contribution is 2.40. The summed E-state index contributed by atoms with van der Waals surface area (Å²) in [5, 5.41) is 15.2. The van der Waals surface area contributed by atoms with Crippen LogP contribution in [0.1, 0.15) is 11.6 Å². The molecule has 2 rings (SSSR count). The standard InChI is InChI=1S/C8H4FN3O4/c9-3-1-4-6(5(2-3)12(15)16)10-8(13)7(4)11-14/h1-2,7H,(H,10,13). The van der Waals surface area contributed by atoms with E-state index in [1.54, 1.807) is 0 Å². The van der Waals surface area contributed by atoms with E-state index in [0.29, 0.717) is 6.07 Å². The van der Waals surface area contributed by atoms with Crippen LogP contribution in [0, 0.1) is 20.8 Å². The lowest BCUT2D eigenvalue weighted by Crippen LogP contribution is -2.09. The quantitative estimate of drug-likeness (QED) is 0.468. The first-order valence-electron chi connectivity index (χ1n) is 4.15. The van der Waals surface area contributed by atoms with Gasteiger partial charge in [-0.25, -0.2) is 4.39 Å². The number of anilines is 1. The summed E-state index contributed by atoms with van der Waals surface area (Å²) >= 11 is 0. The van der Waals surface area contributed by atoms with Crippen molar-refractivity contribution in [1.82, 2.24) is 0 Å². The minimum Gasteiger partial charge on any atom is -0.318 e. The van der Waals surface area contributed by atoms with Gasteiger partial charge < -0.3 is 5.32 Å². The van der Waals surface area contributed by atoms with Gasteiger partial charge in [0, 0.05) is 5.56 Å². The van der Waals surface area contributed by atoms with Crippen LogP contribution in [0.5, 0.6) is 0 Å². The van der Waals surface area contributed by atoms with Crippen LogP contribution in [0.25, 0.3) is 0 Å². The third-order valence-corrected chi connectivity index (χ3v) is 2.21. The maximum atomic E-state index is 13.0. The van der Waals surface area contributed by atoms with E-state index in [9.17, 15) is 24.2 Å². The fraction of sp³-hybridized carbons (Fsp3) is 0.125. The third-order valence-electron chi connectivity index (χ3n) is 2.21. The molecule has 0 radical (unpaired) electrons. The van der Waals surface area contributed by atoms with Crippen LogP contribution in [-0.2, 0) is 4.79 Å². The summed E-state index contributed by atoms with van der Waals surface area (Å²) in [6.07, 6.45) is 0. The van der Waals surface area contributed by atoms with E-state index in [-0.39, 0.29) is 11.3 Å². The van der Waals surface area contributed by atoms with Crippen molar-refractivity contribution in [3.8, 4) is 0 Å². The Morgan fingerprint density at radius 1 is 1.50 bits per heavy atom. The number of nitroso groups, excluding NO2 is 1. The van der Waals surface area contributed by atoms with Gasteiger partial charge >= 0.3 is 0 Å². The van der Waals surface area contributed by atoms with Crippen LogP contribution in [0.2, 0.25) is 0 Å². The van der Waals surface area contributed by atoms with Gasteiger partial charge in [-0.3, -0.25) is 14.9 Å². The highest BCUT2D eigenvalue weighted by Gasteiger charge is 2.37. The van der Waals surface area contributed by atoms with Gasteiger partial charge in [-0.05, 0) is 6.07 Å². The molecule has 0 aromatic heterocycles. The molecule has 82 valence electrons. The Hall–Kier alpha value is -2.38. The number of hydrogen-bond donors (Lipinski definition) is 1. The predicted molar refractivity (Wildman–Crippen MR) is 50.2 cm³/mol. The summed E-state index contributed by atoms with van der Waals surface area (Å²) in [6, 6.07) is 0.128. The van der Waals surface area contributed by atoms with Gasteiger partial charge in [0.25, 0.3) is 11.6 Å². The van der Waals surface area contributed by atoms with Crippen LogP contribution in [-0.4, -0.2) is 10.8 Å². The molecule has 1 aromatic carbocycles. The minimum atomic E-state index is -1.43. The van der Waals surface area contributed by atoms with Crippen molar-refractivity contribution in [2.45, 2.75) is 6.04 Å². The van der Waals surface area contributed by atoms with Crippen molar-refractivity contribution >= 4 is 17.3 Å². The number of nitrogens with zero attached hydrogens (tertiary/aromatic N) is 2. The number of nitrogens with one attached hydrogen (secondary N) is 1. The molecule has 1 aliphatic rings. The molecule has 1 N–H and O–H groups in total. The lowest BCUT2D eigenvalue weighted by molar-refractivity contribution is -0.384. The second kappa shape index (κ2) is 3.33. The van der Waals surface area contributed by atoms with Gasteiger partial charge in [0.15, 0.2) is 6.04 Å². The summed E-state index contributed by atoms with van der Waals surface area (Å²) in [5.74, 6) is -1.69. The first kappa shape index (κ1) is 10.1. The molecule has 0 fully saturated rings. The van der Waals surface area contributed by atoms with Crippen LogP contribution >= 0.6 is 0 Å². The zero-order valence-corrected chi connectivity index (χ0v) is 7.64. The topological polar surface area (TPSA) is 102 Å². The van der Waals surface area contributed by atoms with E-state index in [1.807, 2.05) is 0 Å². The Bertz CT molecular complexity index is 516. The highest BCUT2D eigenvalue weighted by atomic mass is 19.1. The first-order valence-corrected chi connectivity index (χ1v) is 4.15. The molecule has 7 nitrogen and oxygen atoms in total. The smallest absolute Gasteiger partial charge is 0.296 e. The number of nitro benzene ring substituents is 1. The molecule has 1 aliphatic heterocycles. The van der Waals surface area contributed by atoms with Gasteiger partial charge in [0.05, 0.1) is 11.0 Å². The molecule has 0 bridgehead atoms. The molecular weight excluding hydrogens is 221 g/mol. The summed E-state index contributed by atoms with van der Waals surface area (Å²) in [6.45, 7) is 0. The number of nitro groups is 1. The molecule has 8 heteroatoms. The van der Waals surface area contributed by atoms with Gasteiger partial charge in [0.2, 0.25) is 0 Å². The van der Waals surface area contributed by atoms with E-state index in [4.69, 9.17) is 0 Å². The number of fused-ring (bicyclic) bond motifs is 1. The zero-order valence-electron chi connectivity index (χ0n) is 7.64. The first-order chi connectivity index (χ1) is 7.54. The Kier molecular flexibility index (Phi) is 2.11. The Balaban J connectivity index is 2.68. The molecule has 1 heterocycles. The number of carbonyl (C=O) groups excluding carboxylic acids is 1. The number of hydrogen-bond acceptors (Lipinski definition) is 5. The summed E-state index contributed by atoms with van der Waals surface area (Å²) in [5.41, 5.74) is -0.859. The molecule has 0 spiro atoms. The Morgan fingerprint density at radius 3 is 2.75 bits per heavy atom. The maximum absolute atomic E-state index is 13.0. The molecule has 16 heavy (non-hydrogen) atoms. The van der Waals surface area contributed by atoms with Crippen molar-refractivity contribution in [2.75, 3.05) is 5.32 Å². The van der Waals surface area contributed by atoms with Gasteiger partial charge in [-0.2, -0.15) is 0 Å². The van der Waals surface area contributed by atoms with Crippen LogP contribution < -0.4 is 5.32 Å². The Labute approximate surface area is 87.4 Å². The van der Waals surface area contributed by atoms with Gasteiger partial charge in [-0.15, -0.1) is 4.91 Å². The summed E-state index contributed by atoms with van der Waals surface area (Å²) in [4.78, 5) is 31.3. The number of rotatable bonds is 2. The molecule has 1 atom stereocenters.